The molecule has 212 valence electrons. The summed E-state index contributed by atoms with van der Waals surface area (Å²) in [6.07, 6.45) is 9.61. The Morgan fingerprint density at radius 2 is 1.66 bits per heavy atom. The zero-order chi connectivity index (χ0) is 28.0. The SMILES string of the molecule is CCCCc1nn(CC(=O)C23CC4CC(CC(C4)C2)C3)c(=O)n1Cc1ccc(-c2ccccc2-c2nn[nH]n2)cc1. The minimum Gasteiger partial charge on any atom is -0.297 e. The number of benzene rings is 2. The van der Waals surface area contributed by atoms with Crippen molar-refractivity contribution in [1.29, 1.82) is 0 Å². The van der Waals surface area contributed by atoms with Gasteiger partial charge in [-0.2, -0.15) is 10.3 Å². The molecule has 0 unspecified atom stereocenters. The summed E-state index contributed by atoms with van der Waals surface area (Å²) in [5.41, 5.74) is 3.55. The normalized spacial score (nSPS) is 24.7. The fraction of sp³-hybridized carbons (Fsp3) is 0.500. The van der Waals surface area contributed by atoms with Crippen LogP contribution in [0.15, 0.2) is 53.3 Å². The minimum atomic E-state index is -0.227. The third-order valence-electron chi connectivity index (χ3n) is 9.80. The molecular weight excluding hydrogens is 514 g/mol. The number of rotatable bonds is 10. The quantitative estimate of drug-likeness (QED) is 0.295. The van der Waals surface area contributed by atoms with E-state index in [-0.39, 0.29) is 23.4 Å². The van der Waals surface area contributed by atoms with E-state index in [1.165, 1.54) is 23.9 Å². The van der Waals surface area contributed by atoms with Crippen LogP contribution in [0.3, 0.4) is 0 Å². The number of H-pyrrole nitrogens is 1. The summed E-state index contributed by atoms with van der Waals surface area (Å²) in [5, 5.41) is 19.3. The number of aromatic nitrogens is 7. The van der Waals surface area contributed by atoms with Crippen LogP contribution in [0.1, 0.15) is 69.7 Å². The maximum Gasteiger partial charge on any atom is 0.346 e. The molecular formula is C32H37N7O2. The smallest absolute Gasteiger partial charge is 0.297 e. The number of nitrogens with zero attached hydrogens (tertiary/aromatic N) is 6. The minimum absolute atomic E-state index is 0.100. The van der Waals surface area contributed by atoms with E-state index in [2.05, 4.69) is 51.8 Å². The predicted octanol–water partition coefficient (Wildman–Crippen LogP) is 5.07. The zero-order valence-corrected chi connectivity index (χ0v) is 23.6. The average Bonchev–Trinajstić information content (AvgIpc) is 3.61. The molecule has 4 aliphatic rings. The second-order valence-corrected chi connectivity index (χ2v) is 12.6. The molecule has 4 fully saturated rings. The van der Waals surface area contributed by atoms with Crippen molar-refractivity contribution >= 4 is 5.78 Å². The Labute approximate surface area is 239 Å². The number of unbranched alkanes of at least 4 members (excludes halogenated alkanes) is 1. The third-order valence-corrected chi connectivity index (χ3v) is 9.80. The molecule has 8 rings (SSSR count). The van der Waals surface area contributed by atoms with Crippen LogP contribution in [0.2, 0.25) is 0 Å². The number of tetrazole rings is 1. The summed E-state index contributed by atoms with van der Waals surface area (Å²) in [6.45, 7) is 2.67. The van der Waals surface area contributed by atoms with Gasteiger partial charge in [-0.05, 0) is 84.6 Å². The van der Waals surface area contributed by atoms with Crippen molar-refractivity contribution in [2.24, 2.45) is 23.2 Å². The number of carbonyl (C=O) groups excluding carboxylic acids is 1. The van der Waals surface area contributed by atoms with Crippen LogP contribution >= 0.6 is 0 Å². The van der Waals surface area contributed by atoms with Crippen LogP contribution in [0.5, 0.6) is 0 Å². The zero-order valence-electron chi connectivity index (χ0n) is 23.6. The summed E-state index contributed by atoms with van der Waals surface area (Å²) in [5.74, 6) is 3.63. The van der Waals surface area contributed by atoms with Gasteiger partial charge >= 0.3 is 5.69 Å². The van der Waals surface area contributed by atoms with Crippen molar-refractivity contribution in [3.63, 3.8) is 0 Å². The third kappa shape index (κ3) is 4.85. The number of hydrogen-bond donors (Lipinski definition) is 1. The van der Waals surface area contributed by atoms with Crippen LogP contribution in [-0.2, 0) is 24.3 Å². The van der Waals surface area contributed by atoms with Crippen LogP contribution in [-0.4, -0.2) is 40.8 Å². The Hall–Kier alpha value is -3.88. The van der Waals surface area contributed by atoms with Gasteiger partial charge in [0.1, 0.15) is 12.4 Å². The van der Waals surface area contributed by atoms with Gasteiger partial charge in [0.05, 0.1) is 6.54 Å². The number of aryl methyl sites for hydroxylation is 1. The first-order valence-corrected chi connectivity index (χ1v) is 15.1. The molecule has 4 aliphatic carbocycles. The molecule has 4 bridgehead atoms. The highest BCUT2D eigenvalue weighted by Crippen LogP contribution is 2.60. The van der Waals surface area contributed by atoms with Crippen molar-refractivity contribution in [1.82, 2.24) is 35.0 Å². The molecule has 0 amide bonds. The molecule has 4 saturated carbocycles. The van der Waals surface area contributed by atoms with Gasteiger partial charge in [0.2, 0.25) is 5.82 Å². The monoisotopic (exact) mass is 551 g/mol. The van der Waals surface area contributed by atoms with Gasteiger partial charge in [-0.25, -0.2) is 9.48 Å². The fourth-order valence-corrected chi connectivity index (χ4v) is 8.20. The van der Waals surface area contributed by atoms with Crippen molar-refractivity contribution in [2.75, 3.05) is 0 Å². The topological polar surface area (TPSA) is 111 Å². The summed E-state index contributed by atoms with van der Waals surface area (Å²) < 4.78 is 3.23. The largest absolute Gasteiger partial charge is 0.346 e. The Morgan fingerprint density at radius 3 is 2.29 bits per heavy atom. The number of carbonyl (C=O) groups is 1. The summed E-state index contributed by atoms with van der Waals surface area (Å²) in [6, 6.07) is 16.2. The first-order chi connectivity index (χ1) is 20.0. The first kappa shape index (κ1) is 26.0. The van der Waals surface area contributed by atoms with E-state index in [9.17, 15) is 9.59 Å². The predicted molar refractivity (Wildman–Crippen MR) is 155 cm³/mol. The van der Waals surface area contributed by atoms with Gasteiger partial charge in [0, 0.05) is 17.4 Å². The molecule has 2 aromatic heterocycles. The van der Waals surface area contributed by atoms with E-state index in [0.717, 1.165) is 66.6 Å². The van der Waals surface area contributed by atoms with Crippen molar-refractivity contribution in [3.8, 4) is 22.5 Å². The lowest BCUT2D eigenvalue weighted by molar-refractivity contribution is -0.144. The molecule has 0 spiro atoms. The second kappa shape index (κ2) is 10.5. The number of aromatic amines is 1. The molecule has 0 saturated heterocycles. The second-order valence-electron chi connectivity index (χ2n) is 12.6. The molecule has 9 nitrogen and oxygen atoms in total. The number of nitrogens with one attached hydrogen (secondary N) is 1. The number of ketones is 1. The van der Waals surface area contributed by atoms with E-state index < -0.39 is 0 Å². The maximum atomic E-state index is 13.8. The Morgan fingerprint density at radius 1 is 0.976 bits per heavy atom. The van der Waals surface area contributed by atoms with Crippen molar-refractivity contribution in [3.05, 3.63) is 70.4 Å². The van der Waals surface area contributed by atoms with E-state index >= 15 is 0 Å². The van der Waals surface area contributed by atoms with Crippen LogP contribution in [0.4, 0.5) is 0 Å². The molecule has 41 heavy (non-hydrogen) atoms. The van der Waals surface area contributed by atoms with Crippen LogP contribution in [0.25, 0.3) is 22.5 Å². The molecule has 9 heteroatoms. The molecule has 4 aromatic rings. The highest BCUT2D eigenvalue weighted by molar-refractivity contribution is 5.85. The Kier molecular flexibility index (Phi) is 6.67. The lowest BCUT2D eigenvalue weighted by Gasteiger charge is -2.55. The first-order valence-electron chi connectivity index (χ1n) is 15.1. The summed E-state index contributed by atoms with van der Waals surface area (Å²) in [7, 11) is 0. The van der Waals surface area contributed by atoms with E-state index in [4.69, 9.17) is 5.10 Å². The van der Waals surface area contributed by atoms with Gasteiger partial charge in [0.25, 0.3) is 0 Å². The summed E-state index contributed by atoms with van der Waals surface area (Å²) in [4.78, 5) is 27.4. The highest BCUT2D eigenvalue weighted by Gasteiger charge is 2.54. The number of hydrogen-bond acceptors (Lipinski definition) is 6. The van der Waals surface area contributed by atoms with E-state index in [1.807, 2.05) is 24.3 Å². The highest BCUT2D eigenvalue weighted by atomic mass is 16.2. The van der Waals surface area contributed by atoms with Crippen molar-refractivity contribution < 1.29 is 4.79 Å². The molecule has 0 atom stereocenters. The van der Waals surface area contributed by atoms with Gasteiger partial charge in [-0.1, -0.05) is 61.9 Å². The average molecular weight is 552 g/mol. The number of Topliss-reactive ketones (excluding diaryl/α,β-unsaturated/α-hetero) is 1. The standard InChI is InChI=1S/C32H37N7O2/c1-2-3-8-29-35-39(20-28(40)32-16-22-13-23(17-32)15-24(14-22)18-32)31(41)38(29)19-21-9-11-25(12-10-21)26-6-4-5-7-27(26)30-33-36-37-34-30/h4-7,9-12,22-24H,2-3,8,13-20H2,1H3,(H,33,34,36,37). The molecule has 2 aromatic carbocycles. The van der Waals surface area contributed by atoms with Gasteiger partial charge in [0.15, 0.2) is 5.78 Å². The lowest BCUT2D eigenvalue weighted by atomic mass is 9.48. The van der Waals surface area contributed by atoms with Crippen molar-refractivity contribution in [2.45, 2.75) is 77.8 Å². The lowest BCUT2D eigenvalue weighted by Crippen LogP contribution is -2.51. The molecule has 2 heterocycles. The molecule has 0 aliphatic heterocycles. The van der Waals surface area contributed by atoms with E-state index in [0.29, 0.717) is 30.1 Å². The van der Waals surface area contributed by atoms with E-state index in [1.54, 1.807) is 4.57 Å². The maximum absolute atomic E-state index is 13.8. The Balaban J connectivity index is 1.13. The fourth-order valence-electron chi connectivity index (χ4n) is 8.20. The van der Waals surface area contributed by atoms with Crippen LogP contribution in [0, 0.1) is 23.2 Å². The van der Waals surface area contributed by atoms with Crippen LogP contribution < -0.4 is 5.69 Å². The molecule has 0 radical (unpaired) electrons. The van der Waals surface area contributed by atoms with Gasteiger partial charge < -0.3 is 0 Å². The summed E-state index contributed by atoms with van der Waals surface area (Å²) >= 11 is 0. The van der Waals surface area contributed by atoms with Gasteiger partial charge in [-0.3, -0.25) is 9.36 Å². The van der Waals surface area contributed by atoms with Gasteiger partial charge in [-0.15, -0.1) is 10.2 Å². The Bertz CT molecular complexity index is 1560. The molecule has 1 N–H and O–H groups in total.